The quantitative estimate of drug-likeness (QED) is 0.725. The molecule has 2 aromatic heterocycles. The molecule has 126 valence electrons. The summed E-state index contributed by atoms with van der Waals surface area (Å²) in [6, 6.07) is 13.9. The Morgan fingerprint density at radius 2 is 1.92 bits per heavy atom. The number of hydrogen-bond acceptors (Lipinski definition) is 5. The number of carbonyl (C=O) groups excluding carboxylic acids is 2. The monoisotopic (exact) mass is 355 g/mol. The normalized spacial score (nSPS) is 11.8. The van der Waals surface area contributed by atoms with Crippen LogP contribution < -0.4 is 5.32 Å². The average molecular weight is 356 g/mol. The number of esters is 1. The summed E-state index contributed by atoms with van der Waals surface area (Å²) in [5.41, 5.74) is 0.822. The Bertz CT molecular complexity index is 928. The predicted octanol–water partition coefficient (Wildman–Crippen LogP) is 3.47. The van der Waals surface area contributed by atoms with Crippen LogP contribution in [0.25, 0.3) is 10.9 Å². The number of halogens is 1. The van der Waals surface area contributed by atoms with Gasteiger partial charge in [0.1, 0.15) is 11.5 Å². The van der Waals surface area contributed by atoms with Crippen molar-refractivity contribution >= 4 is 40.2 Å². The third-order valence-electron chi connectivity index (χ3n) is 3.44. The molecule has 2 heterocycles. The van der Waals surface area contributed by atoms with Crippen LogP contribution in [0.3, 0.4) is 0 Å². The molecule has 1 N–H and O–H groups in total. The lowest BCUT2D eigenvalue weighted by Crippen LogP contribution is -2.30. The number of nitrogens with zero attached hydrogens (tertiary/aromatic N) is 2. The van der Waals surface area contributed by atoms with Gasteiger partial charge in [0.15, 0.2) is 6.10 Å². The van der Waals surface area contributed by atoms with E-state index in [0.717, 1.165) is 5.39 Å². The Kier molecular flexibility index (Phi) is 4.90. The number of anilines is 1. The first-order chi connectivity index (χ1) is 12.0. The highest BCUT2D eigenvalue weighted by Crippen LogP contribution is 2.14. The van der Waals surface area contributed by atoms with Gasteiger partial charge in [-0.05, 0) is 31.2 Å². The van der Waals surface area contributed by atoms with Gasteiger partial charge in [0.05, 0.1) is 10.5 Å². The van der Waals surface area contributed by atoms with Gasteiger partial charge in [-0.3, -0.25) is 4.79 Å². The molecule has 0 radical (unpaired) electrons. The number of ether oxygens (including phenoxy) is 1. The number of nitrogens with one attached hydrogen (secondary N) is 1. The Morgan fingerprint density at radius 1 is 1.12 bits per heavy atom. The fraction of sp³-hybridized carbons (Fsp3) is 0.111. The van der Waals surface area contributed by atoms with Gasteiger partial charge in [0, 0.05) is 11.6 Å². The lowest BCUT2D eigenvalue weighted by atomic mass is 10.2. The van der Waals surface area contributed by atoms with Crippen molar-refractivity contribution in [1.82, 2.24) is 9.97 Å². The zero-order valence-corrected chi connectivity index (χ0v) is 14.0. The number of hydrogen-bond donors (Lipinski definition) is 1. The van der Waals surface area contributed by atoms with E-state index in [4.69, 9.17) is 16.3 Å². The van der Waals surface area contributed by atoms with Gasteiger partial charge >= 0.3 is 5.97 Å². The lowest BCUT2D eigenvalue weighted by molar-refractivity contribution is -0.123. The molecular weight excluding hydrogens is 342 g/mol. The van der Waals surface area contributed by atoms with Crippen LogP contribution in [-0.4, -0.2) is 27.9 Å². The van der Waals surface area contributed by atoms with Crippen molar-refractivity contribution in [2.24, 2.45) is 0 Å². The summed E-state index contributed by atoms with van der Waals surface area (Å²) in [7, 11) is 0. The highest BCUT2D eigenvalue weighted by atomic mass is 35.5. The van der Waals surface area contributed by atoms with Crippen LogP contribution in [0.5, 0.6) is 0 Å². The van der Waals surface area contributed by atoms with Crippen LogP contribution in [0.15, 0.2) is 54.7 Å². The van der Waals surface area contributed by atoms with Gasteiger partial charge in [-0.1, -0.05) is 35.9 Å². The number of carbonyl (C=O) groups is 2. The molecule has 7 heteroatoms. The standard InChI is InChI=1S/C18H14ClN3O3/c1-11(17(23)22-16-9-7-13(19)10-20-16)25-18(24)15-8-6-12-4-2-3-5-14(12)21-15/h2-11H,1H3,(H,20,22,23)/t11-/m1/s1. The molecule has 6 nitrogen and oxygen atoms in total. The van der Waals surface area contributed by atoms with E-state index in [0.29, 0.717) is 16.4 Å². The first-order valence-electron chi connectivity index (χ1n) is 7.52. The number of fused-ring (bicyclic) bond motifs is 1. The molecule has 3 aromatic rings. The van der Waals surface area contributed by atoms with E-state index in [9.17, 15) is 9.59 Å². The summed E-state index contributed by atoms with van der Waals surface area (Å²) in [4.78, 5) is 32.5. The molecule has 0 fully saturated rings. The molecule has 3 rings (SSSR count). The third-order valence-corrected chi connectivity index (χ3v) is 3.66. The minimum Gasteiger partial charge on any atom is -0.448 e. The number of amides is 1. The van der Waals surface area contributed by atoms with Gasteiger partial charge in [-0.15, -0.1) is 0 Å². The largest absolute Gasteiger partial charge is 0.448 e. The minimum atomic E-state index is -1.00. The molecule has 0 saturated carbocycles. The summed E-state index contributed by atoms with van der Waals surface area (Å²) in [6.07, 6.45) is 0.408. The van der Waals surface area contributed by atoms with E-state index in [1.54, 1.807) is 30.3 Å². The molecule has 0 bridgehead atoms. The van der Waals surface area contributed by atoms with E-state index in [2.05, 4.69) is 15.3 Å². The van der Waals surface area contributed by atoms with E-state index < -0.39 is 18.0 Å². The van der Waals surface area contributed by atoms with E-state index in [1.807, 2.05) is 18.2 Å². The van der Waals surface area contributed by atoms with Gasteiger partial charge in [0.25, 0.3) is 5.91 Å². The molecular formula is C18H14ClN3O3. The number of rotatable bonds is 4. The smallest absolute Gasteiger partial charge is 0.357 e. The zero-order chi connectivity index (χ0) is 17.8. The van der Waals surface area contributed by atoms with E-state index in [-0.39, 0.29) is 5.69 Å². The summed E-state index contributed by atoms with van der Waals surface area (Å²) in [6.45, 7) is 1.48. The van der Waals surface area contributed by atoms with E-state index in [1.165, 1.54) is 13.1 Å². The van der Waals surface area contributed by atoms with Crippen molar-refractivity contribution in [3.63, 3.8) is 0 Å². The maximum absolute atomic E-state index is 12.2. The van der Waals surface area contributed by atoms with Crippen LogP contribution >= 0.6 is 11.6 Å². The van der Waals surface area contributed by atoms with Crippen LogP contribution in [0.4, 0.5) is 5.82 Å². The van der Waals surface area contributed by atoms with E-state index >= 15 is 0 Å². The highest BCUT2D eigenvalue weighted by Gasteiger charge is 2.20. The Labute approximate surface area is 148 Å². The van der Waals surface area contributed by atoms with Crippen molar-refractivity contribution in [3.05, 3.63) is 65.4 Å². The van der Waals surface area contributed by atoms with Crippen molar-refractivity contribution in [2.75, 3.05) is 5.32 Å². The van der Waals surface area contributed by atoms with Gasteiger partial charge in [0.2, 0.25) is 0 Å². The molecule has 25 heavy (non-hydrogen) atoms. The predicted molar refractivity (Wildman–Crippen MR) is 94.5 cm³/mol. The lowest BCUT2D eigenvalue weighted by Gasteiger charge is -2.13. The maximum atomic E-state index is 12.2. The molecule has 0 aliphatic heterocycles. The van der Waals surface area contributed by atoms with Gasteiger partial charge in [-0.25, -0.2) is 14.8 Å². The Balaban J connectivity index is 1.66. The zero-order valence-electron chi connectivity index (χ0n) is 13.3. The Hall–Kier alpha value is -2.99. The van der Waals surface area contributed by atoms with Crippen LogP contribution in [0, 0.1) is 0 Å². The SMILES string of the molecule is C[C@@H](OC(=O)c1ccc2ccccc2n1)C(=O)Nc1ccc(Cl)cn1. The molecule has 0 unspecified atom stereocenters. The Morgan fingerprint density at radius 3 is 2.68 bits per heavy atom. The molecule has 0 spiro atoms. The molecule has 1 atom stereocenters. The number of benzene rings is 1. The molecule has 0 aliphatic carbocycles. The summed E-state index contributed by atoms with van der Waals surface area (Å²) < 4.78 is 5.18. The molecule has 1 aromatic carbocycles. The second kappa shape index (κ2) is 7.27. The molecule has 0 saturated heterocycles. The fourth-order valence-corrected chi connectivity index (χ4v) is 2.24. The summed E-state index contributed by atoms with van der Waals surface area (Å²) in [5.74, 6) is -0.845. The minimum absolute atomic E-state index is 0.142. The second-order valence-electron chi connectivity index (χ2n) is 5.29. The topological polar surface area (TPSA) is 81.2 Å². The van der Waals surface area contributed by atoms with Crippen molar-refractivity contribution in [2.45, 2.75) is 13.0 Å². The van der Waals surface area contributed by atoms with Crippen LogP contribution in [0.1, 0.15) is 17.4 Å². The second-order valence-corrected chi connectivity index (χ2v) is 5.72. The van der Waals surface area contributed by atoms with Crippen molar-refractivity contribution < 1.29 is 14.3 Å². The van der Waals surface area contributed by atoms with Gasteiger partial charge < -0.3 is 10.1 Å². The summed E-state index contributed by atoms with van der Waals surface area (Å²) >= 11 is 5.74. The van der Waals surface area contributed by atoms with Crippen molar-refractivity contribution in [3.8, 4) is 0 Å². The number of pyridine rings is 2. The van der Waals surface area contributed by atoms with Crippen LogP contribution in [0.2, 0.25) is 5.02 Å². The fourth-order valence-electron chi connectivity index (χ4n) is 2.13. The first-order valence-corrected chi connectivity index (χ1v) is 7.90. The first kappa shape index (κ1) is 16.9. The van der Waals surface area contributed by atoms with Crippen LogP contribution in [-0.2, 0) is 9.53 Å². The van der Waals surface area contributed by atoms with Crippen molar-refractivity contribution in [1.29, 1.82) is 0 Å². The summed E-state index contributed by atoms with van der Waals surface area (Å²) in [5, 5.41) is 3.92. The van der Waals surface area contributed by atoms with Gasteiger partial charge in [-0.2, -0.15) is 0 Å². The number of para-hydroxylation sites is 1. The molecule has 0 aliphatic rings. The third kappa shape index (κ3) is 4.10. The maximum Gasteiger partial charge on any atom is 0.357 e. The molecule has 1 amide bonds. The average Bonchev–Trinajstić information content (AvgIpc) is 2.63. The number of aromatic nitrogens is 2. The highest BCUT2D eigenvalue weighted by molar-refractivity contribution is 6.30.